The Morgan fingerprint density at radius 3 is 2.42 bits per heavy atom. The summed E-state index contributed by atoms with van der Waals surface area (Å²) >= 11 is 4.90. The second kappa shape index (κ2) is 10.3. The monoisotopic (exact) mass is 611 g/mol. The Bertz CT molecular complexity index is 1630. The molecule has 2 heterocycles. The maximum absolute atomic E-state index is 13.6. The molecule has 2 amide bonds. The van der Waals surface area contributed by atoms with Crippen LogP contribution in [-0.2, 0) is 19.6 Å². The third kappa shape index (κ3) is 4.82. The van der Waals surface area contributed by atoms with Gasteiger partial charge < -0.3 is 0 Å². The van der Waals surface area contributed by atoms with Gasteiger partial charge in [0.1, 0.15) is 11.0 Å². The largest absolute Gasteiger partial charge is 0.274 e. The number of hydrogen-bond donors (Lipinski definition) is 0. The summed E-state index contributed by atoms with van der Waals surface area (Å²) in [4.78, 5) is 32.6. The Kier molecular flexibility index (Phi) is 7.25. The number of sulfonamides is 1. The van der Waals surface area contributed by atoms with Gasteiger partial charge in [0, 0.05) is 16.1 Å². The summed E-state index contributed by atoms with van der Waals surface area (Å²) in [7, 11) is -4.03. The standard InChI is InChI=1S/C28H26BrN3O4S2/c1-4-18(3)32(38(35,36)22-12-8-20(29)9-13-22)24-16-26(33)31(28(24)34)21-10-6-19(7-11-21)27-30-23-14-5-17(2)15-25(23)37-27/h5-15,18,24H,4,16H2,1-3H3. The van der Waals surface area contributed by atoms with Crippen LogP contribution < -0.4 is 4.90 Å². The Hall–Kier alpha value is -2.92. The summed E-state index contributed by atoms with van der Waals surface area (Å²) in [6.45, 7) is 5.65. The highest BCUT2D eigenvalue weighted by molar-refractivity contribution is 9.10. The molecule has 1 aliphatic rings. The van der Waals surface area contributed by atoms with Crippen molar-refractivity contribution in [2.24, 2.45) is 0 Å². The van der Waals surface area contributed by atoms with E-state index in [-0.39, 0.29) is 11.3 Å². The quantitative estimate of drug-likeness (QED) is 0.234. The molecule has 4 aromatic rings. The third-order valence-electron chi connectivity index (χ3n) is 6.76. The van der Waals surface area contributed by atoms with Crippen LogP contribution >= 0.6 is 27.3 Å². The molecule has 2 atom stereocenters. The number of hydrogen-bond acceptors (Lipinski definition) is 6. The van der Waals surface area contributed by atoms with Gasteiger partial charge in [0.25, 0.3) is 5.91 Å². The van der Waals surface area contributed by atoms with E-state index < -0.39 is 33.9 Å². The average molecular weight is 613 g/mol. The molecule has 0 N–H and O–H groups in total. The number of amides is 2. The van der Waals surface area contributed by atoms with E-state index >= 15 is 0 Å². The smallest absolute Gasteiger partial charge is 0.252 e. The van der Waals surface area contributed by atoms with E-state index in [4.69, 9.17) is 4.98 Å². The molecule has 0 aliphatic carbocycles. The van der Waals surface area contributed by atoms with Crippen LogP contribution in [0.2, 0.25) is 0 Å². The number of thiazole rings is 1. The van der Waals surface area contributed by atoms with Gasteiger partial charge in [0.05, 0.1) is 27.2 Å². The number of carbonyl (C=O) groups excluding carboxylic acids is 2. The zero-order valence-electron chi connectivity index (χ0n) is 21.1. The first-order chi connectivity index (χ1) is 18.1. The molecule has 7 nitrogen and oxygen atoms in total. The van der Waals surface area contributed by atoms with Gasteiger partial charge in [0.15, 0.2) is 0 Å². The Labute approximate surface area is 234 Å². The molecule has 0 spiro atoms. The van der Waals surface area contributed by atoms with Crippen LogP contribution in [-0.4, -0.2) is 41.6 Å². The van der Waals surface area contributed by atoms with Crippen LogP contribution in [0.15, 0.2) is 76.1 Å². The zero-order chi connectivity index (χ0) is 27.2. The molecule has 0 radical (unpaired) electrons. The van der Waals surface area contributed by atoms with E-state index in [1.807, 2.05) is 38.1 Å². The molecule has 0 saturated carbocycles. The van der Waals surface area contributed by atoms with Gasteiger partial charge in [-0.1, -0.05) is 28.9 Å². The van der Waals surface area contributed by atoms with Gasteiger partial charge in [-0.3, -0.25) is 9.59 Å². The molecule has 0 bridgehead atoms. The SMILES string of the molecule is CCC(C)N(C1CC(=O)N(c2ccc(-c3nc4ccc(C)cc4s3)cc2)C1=O)S(=O)(=O)c1ccc(Br)cc1. The van der Waals surface area contributed by atoms with Crippen molar-refractivity contribution < 1.29 is 18.0 Å². The van der Waals surface area contributed by atoms with Crippen molar-refractivity contribution in [3.8, 4) is 10.6 Å². The molecule has 10 heteroatoms. The first-order valence-corrected chi connectivity index (χ1v) is 15.3. The van der Waals surface area contributed by atoms with Crippen molar-refractivity contribution >= 4 is 65.0 Å². The lowest BCUT2D eigenvalue weighted by Crippen LogP contribution is -2.49. The van der Waals surface area contributed by atoms with Crippen molar-refractivity contribution in [1.82, 2.24) is 9.29 Å². The molecule has 3 aromatic carbocycles. The second-order valence-electron chi connectivity index (χ2n) is 9.37. The molecule has 5 rings (SSSR count). The van der Waals surface area contributed by atoms with Gasteiger partial charge in [-0.05, 0) is 86.5 Å². The third-order valence-corrected chi connectivity index (χ3v) is 10.4. The fraction of sp³-hybridized carbons (Fsp3) is 0.250. The predicted molar refractivity (Wildman–Crippen MR) is 154 cm³/mol. The summed E-state index contributed by atoms with van der Waals surface area (Å²) in [5.74, 6) is -0.971. The topological polar surface area (TPSA) is 87.7 Å². The Balaban J connectivity index is 1.44. The highest BCUT2D eigenvalue weighted by Gasteiger charge is 2.48. The van der Waals surface area contributed by atoms with Gasteiger partial charge >= 0.3 is 0 Å². The number of anilines is 1. The highest BCUT2D eigenvalue weighted by atomic mass is 79.9. The van der Waals surface area contributed by atoms with Crippen LogP contribution in [0, 0.1) is 6.92 Å². The average Bonchev–Trinajstić information content (AvgIpc) is 3.44. The minimum Gasteiger partial charge on any atom is -0.274 e. The van der Waals surface area contributed by atoms with E-state index in [9.17, 15) is 18.0 Å². The van der Waals surface area contributed by atoms with Gasteiger partial charge in [-0.2, -0.15) is 4.31 Å². The number of nitrogens with zero attached hydrogens (tertiary/aromatic N) is 3. The molecule has 2 unspecified atom stereocenters. The maximum atomic E-state index is 13.6. The number of imide groups is 1. The number of halogens is 1. The Morgan fingerprint density at radius 1 is 1.08 bits per heavy atom. The Morgan fingerprint density at radius 2 is 1.76 bits per heavy atom. The minimum atomic E-state index is -4.03. The number of rotatable bonds is 7. The van der Waals surface area contributed by atoms with Gasteiger partial charge in [0.2, 0.25) is 15.9 Å². The summed E-state index contributed by atoms with van der Waals surface area (Å²) in [6.07, 6.45) is 0.280. The second-order valence-corrected chi connectivity index (χ2v) is 13.2. The predicted octanol–water partition coefficient (Wildman–Crippen LogP) is 6.16. The van der Waals surface area contributed by atoms with Crippen molar-refractivity contribution in [3.05, 3.63) is 76.8 Å². The number of aryl methyl sites for hydroxylation is 1. The molecule has 1 aromatic heterocycles. The fourth-order valence-corrected chi connectivity index (χ4v) is 7.79. The van der Waals surface area contributed by atoms with Gasteiger partial charge in [-0.15, -0.1) is 11.3 Å². The van der Waals surface area contributed by atoms with Crippen LogP contribution in [0.3, 0.4) is 0 Å². The molecule has 1 fully saturated rings. The summed E-state index contributed by atoms with van der Waals surface area (Å²) in [5, 5.41) is 0.845. The minimum absolute atomic E-state index is 0.0788. The zero-order valence-corrected chi connectivity index (χ0v) is 24.3. The van der Waals surface area contributed by atoms with Gasteiger partial charge in [-0.25, -0.2) is 18.3 Å². The number of benzene rings is 3. The molecular formula is C28H26BrN3O4S2. The molecular weight excluding hydrogens is 586 g/mol. The van der Waals surface area contributed by atoms with Crippen molar-refractivity contribution in [3.63, 3.8) is 0 Å². The van der Waals surface area contributed by atoms with Crippen LogP contribution in [0.5, 0.6) is 0 Å². The summed E-state index contributed by atoms with van der Waals surface area (Å²) in [5.41, 5.74) is 3.37. The van der Waals surface area contributed by atoms with E-state index in [1.165, 1.54) is 16.4 Å². The maximum Gasteiger partial charge on any atom is 0.252 e. The molecule has 38 heavy (non-hydrogen) atoms. The van der Waals surface area contributed by atoms with Crippen LogP contribution in [0.1, 0.15) is 32.3 Å². The first kappa shape index (κ1) is 26.7. The van der Waals surface area contributed by atoms with E-state index in [1.54, 1.807) is 42.5 Å². The van der Waals surface area contributed by atoms with Crippen LogP contribution in [0.25, 0.3) is 20.8 Å². The summed E-state index contributed by atoms with van der Waals surface area (Å²) < 4.78 is 30.3. The molecule has 1 saturated heterocycles. The van der Waals surface area contributed by atoms with E-state index in [0.717, 1.165) is 35.7 Å². The summed E-state index contributed by atoms with van der Waals surface area (Å²) in [6, 6.07) is 17.9. The molecule has 1 aliphatic heterocycles. The highest BCUT2D eigenvalue weighted by Crippen LogP contribution is 2.35. The van der Waals surface area contributed by atoms with E-state index in [2.05, 4.69) is 22.0 Å². The number of fused-ring (bicyclic) bond motifs is 1. The normalized spacial score (nSPS) is 17.1. The first-order valence-electron chi connectivity index (χ1n) is 12.2. The number of aromatic nitrogens is 1. The van der Waals surface area contributed by atoms with Crippen molar-refractivity contribution in [2.75, 3.05) is 4.90 Å². The lowest BCUT2D eigenvalue weighted by molar-refractivity contribution is -0.122. The van der Waals surface area contributed by atoms with Crippen molar-refractivity contribution in [1.29, 1.82) is 0 Å². The number of carbonyl (C=O) groups is 2. The lowest BCUT2D eigenvalue weighted by atomic mass is 10.2. The van der Waals surface area contributed by atoms with Crippen molar-refractivity contribution in [2.45, 2.75) is 50.6 Å². The molecule has 196 valence electrons. The lowest BCUT2D eigenvalue weighted by Gasteiger charge is -2.31. The fourth-order valence-electron chi connectivity index (χ4n) is 4.61. The van der Waals surface area contributed by atoms with E-state index in [0.29, 0.717) is 12.1 Å². The van der Waals surface area contributed by atoms with Crippen LogP contribution in [0.4, 0.5) is 5.69 Å².